The lowest BCUT2D eigenvalue weighted by Gasteiger charge is -2.09. The zero-order chi connectivity index (χ0) is 23.1. The third-order valence-corrected chi connectivity index (χ3v) is 4.99. The first-order valence-corrected chi connectivity index (χ1v) is 10.2. The van der Waals surface area contributed by atoms with Gasteiger partial charge in [0.1, 0.15) is 5.75 Å². The molecule has 0 spiro atoms. The topological polar surface area (TPSA) is 77.0 Å². The second kappa shape index (κ2) is 10.4. The van der Waals surface area contributed by atoms with Crippen LogP contribution in [0.5, 0.6) is 5.75 Å². The van der Waals surface area contributed by atoms with Gasteiger partial charge in [-0.05, 0) is 85.5 Å². The van der Waals surface area contributed by atoms with E-state index in [4.69, 9.17) is 9.47 Å². The van der Waals surface area contributed by atoms with E-state index in [1.165, 1.54) is 12.7 Å². The van der Waals surface area contributed by atoms with Crippen molar-refractivity contribution in [2.75, 3.05) is 19.0 Å². The first-order chi connectivity index (χ1) is 15.4. The maximum absolute atomic E-state index is 12.2. The molecule has 1 amide bonds. The summed E-state index contributed by atoms with van der Waals surface area (Å²) in [5, 5.41) is 2.84. The summed E-state index contributed by atoms with van der Waals surface area (Å²) in [5.41, 5.74) is 5.96. The smallest absolute Gasteiger partial charge is 0.337 e. The van der Waals surface area contributed by atoms with E-state index in [-0.39, 0.29) is 18.5 Å². The standard InChI is InChI=1S/C26H26N2O4/c1-17-8-10-22(13-18(17)2)28-25(29)16-32-23-7-5-6-20(14-23)15-27-24-11-9-21(12-19(24)3)26(30)31-4/h5-15H,16H2,1-4H3,(H,28,29). The van der Waals surface area contributed by atoms with Crippen molar-refractivity contribution in [2.45, 2.75) is 20.8 Å². The fourth-order valence-electron chi connectivity index (χ4n) is 3.04. The first kappa shape index (κ1) is 22.7. The summed E-state index contributed by atoms with van der Waals surface area (Å²) >= 11 is 0. The van der Waals surface area contributed by atoms with Crippen LogP contribution in [0.2, 0.25) is 0 Å². The molecular weight excluding hydrogens is 404 g/mol. The van der Waals surface area contributed by atoms with E-state index in [9.17, 15) is 9.59 Å². The lowest BCUT2D eigenvalue weighted by molar-refractivity contribution is -0.118. The van der Waals surface area contributed by atoms with Crippen LogP contribution in [0.15, 0.2) is 65.7 Å². The molecular formula is C26H26N2O4. The molecule has 3 aromatic carbocycles. The minimum absolute atomic E-state index is 0.0956. The largest absolute Gasteiger partial charge is 0.484 e. The number of rotatable bonds is 7. The quantitative estimate of drug-likeness (QED) is 0.415. The average Bonchev–Trinajstić information content (AvgIpc) is 2.79. The van der Waals surface area contributed by atoms with E-state index >= 15 is 0 Å². The van der Waals surface area contributed by atoms with Crippen LogP contribution in [-0.2, 0) is 9.53 Å². The Hall–Kier alpha value is -3.93. The van der Waals surface area contributed by atoms with Gasteiger partial charge < -0.3 is 14.8 Å². The van der Waals surface area contributed by atoms with Crippen LogP contribution in [0.25, 0.3) is 0 Å². The second-order valence-electron chi connectivity index (χ2n) is 7.46. The van der Waals surface area contributed by atoms with E-state index in [2.05, 4.69) is 10.3 Å². The van der Waals surface area contributed by atoms with Gasteiger partial charge >= 0.3 is 5.97 Å². The maximum Gasteiger partial charge on any atom is 0.337 e. The highest BCUT2D eigenvalue weighted by Crippen LogP contribution is 2.21. The molecule has 164 valence electrons. The molecule has 0 aromatic heterocycles. The minimum Gasteiger partial charge on any atom is -0.484 e. The van der Waals surface area contributed by atoms with E-state index < -0.39 is 0 Å². The van der Waals surface area contributed by atoms with Crippen molar-refractivity contribution in [1.82, 2.24) is 0 Å². The number of anilines is 1. The van der Waals surface area contributed by atoms with E-state index in [1.54, 1.807) is 30.5 Å². The van der Waals surface area contributed by atoms with Gasteiger partial charge in [0.2, 0.25) is 0 Å². The number of methoxy groups -OCH3 is 1. The molecule has 6 nitrogen and oxygen atoms in total. The van der Waals surface area contributed by atoms with Crippen LogP contribution in [0.4, 0.5) is 11.4 Å². The number of carbonyl (C=O) groups is 2. The van der Waals surface area contributed by atoms with Gasteiger partial charge in [0.05, 0.1) is 18.4 Å². The number of aryl methyl sites for hydroxylation is 3. The normalized spacial score (nSPS) is 10.8. The van der Waals surface area contributed by atoms with Crippen LogP contribution >= 0.6 is 0 Å². The Labute approximate surface area is 187 Å². The Bertz CT molecular complexity index is 1170. The molecule has 0 aliphatic carbocycles. The molecule has 6 heteroatoms. The third-order valence-electron chi connectivity index (χ3n) is 4.99. The first-order valence-electron chi connectivity index (χ1n) is 10.2. The van der Waals surface area contributed by atoms with Crippen LogP contribution in [0.3, 0.4) is 0 Å². The summed E-state index contributed by atoms with van der Waals surface area (Å²) in [7, 11) is 1.35. The molecule has 0 radical (unpaired) electrons. The van der Waals surface area contributed by atoms with Crippen LogP contribution < -0.4 is 10.1 Å². The summed E-state index contributed by atoms with van der Waals surface area (Å²) in [5.74, 6) is -0.0365. The number of esters is 1. The van der Waals surface area contributed by atoms with Gasteiger partial charge in [-0.1, -0.05) is 18.2 Å². The Morgan fingerprint density at radius 1 is 0.938 bits per heavy atom. The highest BCUT2D eigenvalue weighted by Gasteiger charge is 2.07. The van der Waals surface area contributed by atoms with Crippen LogP contribution in [0, 0.1) is 20.8 Å². The fourth-order valence-corrected chi connectivity index (χ4v) is 3.04. The molecule has 3 rings (SSSR count). The maximum atomic E-state index is 12.2. The summed E-state index contributed by atoms with van der Waals surface area (Å²) in [6.07, 6.45) is 1.71. The van der Waals surface area contributed by atoms with Crippen LogP contribution in [-0.4, -0.2) is 31.8 Å². The average molecular weight is 431 g/mol. The molecule has 0 saturated heterocycles. The van der Waals surface area contributed by atoms with Gasteiger partial charge in [0, 0.05) is 11.9 Å². The molecule has 0 aliphatic rings. The SMILES string of the molecule is COC(=O)c1ccc(N=Cc2cccc(OCC(=O)Nc3ccc(C)c(C)c3)c2)c(C)c1. The van der Waals surface area contributed by atoms with Crippen molar-refractivity contribution in [2.24, 2.45) is 4.99 Å². The Morgan fingerprint density at radius 2 is 1.75 bits per heavy atom. The monoisotopic (exact) mass is 430 g/mol. The third kappa shape index (κ3) is 6.04. The molecule has 0 saturated carbocycles. The van der Waals surface area contributed by atoms with Gasteiger partial charge in [-0.25, -0.2) is 4.79 Å². The number of hydrogen-bond acceptors (Lipinski definition) is 5. The molecule has 0 bridgehead atoms. The number of amides is 1. The van der Waals surface area contributed by atoms with Gasteiger partial charge in [0.15, 0.2) is 6.61 Å². The lowest BCUT2D eigenvalue weighted by atomic mass is 10.1. The molecule has 1 N–H and O–H groups in total. The van der Waals surface area contributed by atoms with E-state index in [0.29, 0.717) is 11.3 Å². The minimum atomic E-state index is -0.380. The lowest BCUT2D eigenvalue weighted by Crippen LogP contribution is -2.20. The zero-order valence-corrected chi connectivity index (χ0v) is 18.6. The number of nitrogens with one attached hydrogen (secondary N) is 1. The van der Waals surface area contributed by atoms with E-state index in [1.807, 2.05) is 57.2 Å². The molecule has 32 heavy (non-hydrogen) atoms. The number of hydrogen-bond donors (Lipinski definition) is 1. The zero-order valence-electron chi connectivity index (χ0n) is 18.6. The van der Waals surface area contributed by atoms with Crippen LogP contribution in [0.1, 0.15) is 32.6 Å². The summed E-state index contributed by atoms with van der Waals surface area (Å²) in [6.45, 7) is 5.82. The predicted octanol–water partition coefficient (Wildman–Crippen LogP) is 5.17. The van der Waals surface area contributed by atoms with Gasteiger partial charge in [-0.15, -0.1) is 0 Å². The molecule has 3 aromatic rings. The molecule has 0 atom stereocenters. The number of carbonyl (C=O) groups excluding carboxylic acids is 2. The summed E-state index contributed by atoms with van der Waals surface area (Å²) < 4.78 is 10.4. The summed E-state index contributed by atoms with van der Waals surface area (Å²) in [6, 6.07) is 18.3. The Morgan fingerprint density at radius 3 is 2.47 bits per heavy atom. The highest BCUT2D eigenvalue weighted by atomic mass is 16.5. The van der Waals surface area contributed by atoms with Gasteiger partial charge in [0.25, 0.3) is 5.91 Å². The van der Waals surface area contributed by atoms with Crippen molar-refractivity contribution in [3.63, 3.8) is 0 Å². The van der Waals surface area contributed by atoms with Gasteiger partial charge in [-0.3, -0.25) is 9.79 Å². The van der Waals surface area contributed by atoms with Gasteiger partial charge in [-0.2, -0.15) is 0 Å². The second-order valence-corrected chi connectivity index (χ2v) is 7.46. The number of benzene rings is 3. The number of ether oxygens (including phenoxy) is 2. The van der Waals surface area contributed by atoms with Crippen molar-refractivity contribution in [1.29, 1.82) is 0 Å². The summed E-state index contributed by atoms with van der Waals surface area (Å²) in [4.78, 5) is 28.3. The van der Waals surface area contributed by atoms with Crippen molar-refractivity contribution >= 4 is 29.5 Å². The Balaban J connectivity index is 1.61. The highest BCUT2D eigenvalue weighted by molar-refractivity contribution is 5.92. The van der Waals surface area contributed by atoms with E-state index in [0.717, 1.165) is 28.1 Å². The molecule has 0 fully saturated rings. The Kier molecular flexibility index (Phi) is 7.39. The number of aliphatic imine (C=N–C) groups is 1. The molecule has 0 aliphatic heterocycles. The fraction of sp³-hybridized carbons (Fsp3) is 0.192. The van der Waals surface area contributed by atoms with Crippen molar-refractivity contribution < 1.29 is 19.1 Å². The molecule has 0 heterocycles. The van der Waals surface area contributed by atoms with Crippen molar-refractivity contribution in [3.05, 3.63) is 88.5 Å². The van der Waals surface area contributed by atoms with Crippen molar-refractivity contribution in [3.8, 4) is 5.75 Å². The molecule has 0 unspecified atom stereocenters. The predicted molar refractivity (Wildman–Crippen MR) is 126 cm³/mol. The number of nitrogens with zero attached hydrogens (tertiary/aromatic N) is 1.